The summed E-state index contributed by atoms with van der Waals surface area (Å²) in [4.78, 5) is 0. The van der Waals surface area contributed by atoms with Crippen LogP contribution in [0.3, 0.4) is 0 Å². The topological polar surface area (TPSA) is 36.9 Å². The van der Waals surface area contributed by atoms with Crippen LogP contribution in [0.4, 0.5) is 17.6 Å². The molecule has 158 valence electrons. The van der Waals surface area contributed by atoms with Gasteiger partial charge in [-0.3, -0.25) is 0 Å². The van der Waals surface area contributed by atoms with Crippen LogP contribution in [-0.4, -0.2) is 13.2 Å². The summed E-state index contributed by atoms with van der Waals surface area (Å²) >= 11 is 0. The van der Waals surface area contributed by atoms with Crippen LogP contribution in [0.15, 0.2) is 72.8 Å². The highest BCUT2D eigenvalue weighted by Gasteiger charge is 2.11. The van der Waals surface area contributed by atoms with Crippen molar-refractivity contribution >= 4 is 0 Å². The third-order valence-corrected chi connectivity index (χ3v) is 3.94. The summed E-state index contributed by atoms with van der Waals surface area (Å²) in [7, 11) is 0. The molecule has 3 aromatic carbocycles. The Balaban J connectivity index is 1.56. The SMILES string of the molecule is FC(F)Oc1ccccc1OCc1ccc(COc2ccccc2OC(F)F)cc1. The Bertz CT molecular complexity index is 856. The first kappa shape index (κ1) is 21.3. The van der Waals surface area contributed by atoms with Crippen molar-refractivity contribution in [2.75, 3.05) is 0 Å². The van der Waals surface area contributed by atoms with Crippen molar-refractivity contribution in [3.8, 4) is 23.0 Å². The molecule has 0 saturated carbocycles. The van der Waals surface area contributed by atoms with Crippen molar-refractivity contribution in [2.45, 2.75) is 26.4 Å². The van der Waals surface area contributed by atoms with Gasteiger partial charge in [0.2, 0.25) is 0 Å². The monoisotopic (exact) mass is 422 g/mol. The number of ether oxygens (including phenoxy) is 4. The minimum atomic E-state index is -2.94. The van der Waals surface area contributed by atoms with Crippen LogP contribution in [0.5, 0.6) is 23.0 Å². The average molecular weight is 422 g/mol. The van der Waals surface area contributed by atoms with Crippen molar-refractivity contribution in [3.05, 3.63) is 83.9 Å². The maximum Gasteiger partial charge on any atom is 0.387 e. The fourth-order valence-corrected chi connectivity index (χ4v) is 2.58. The molecule has 3 rings (SSSR count). The Labute approximate surface area is 170 Å². The minimum Gasteiger partial charge on any atom is -0.485 e. The molecule has 0 aromatic heterocycles. The normalized spacial score (nSPS) is 10.9. The number of alkyl halides is 4. The molecule has 30 heavy (non-hydrogen) atoms. The second-order valence-electron chi connectivity index (χ2n) is 6.04. The van der Waals surface area contributed by atoms with Gasteiger partial charge in [0.05, 0.1) is 0 Å². The minimum absolute atomic E-state index is 0.0396. The van der Waals surface area contributed by atoms with E-state index in [1.54, 1.807) is 60.7 Å². The van der Waals surface area contributed by atoms with Gasteiger partial charge in [0.25, 0.3) is 0 Å². The smallest absolute Gasteiger partial charge is 0.387 e. The lowest BCUT2D eigenvalue weighted by Crippen LogP contribution is -2.05. The average Bonchev–Trinajstić information content (AvgIpc) is 2.72. The first-order chi connectivity index (χ1) is 14.5. The summed E-state index contributed by atoms with van der Waals surface area (Å²) in [5.41, 5.74) is 1.60. The molecule has 0 spiro atoms. The van der Waals surface area contributed by atoms with Gasteiger partial charge in [0.15, 0.2) is 23.0 Å². The number of rotatable bonds is 10. The van der Waals surface area contributed by atoms with Crippen LogP contribution < -0.4 is 18.9 Å². The summed E-state index contributed by atoms with van der Waals surface area (Å²) in [6, 6.07) is 19.5. The molecule has 8 heteroatoms. The maximum absolute atomic E-state index is 12.5. The van der Waals surface area contributed by atoms with Gasteiger partial charge >= 0.3 is 13.2 Å². The van der Waals surface area contributed by atoms with Gasteiger partial charge in [-0.05, 0) is 35.4 Å². The van der Waals surface area contributed by atoms with Crippen LogP contribution in [0.2, 0.25) is 0 Å². The highest BCUT2D eigenvalue weighted by atomic mass is 19.3. The lowest BCUT2D eigenvalue weighted by Gasteiger charge is -2.13. The number of hydrogen-bond donors (Lipinski definition) is 0. The van der Waals surface area contributed by atoms with Crippen LogP contribution in [0.1, 0.15) is 11.1 Å². The third kappa shape index (κ3) is 6.30. The van der Waals surface area contributed by atoms with E-state index in [1.807, 2.05) is 0 Å². The van der Waals surface area contributed by atoms with E-state index in [1.165, 1.54) is 12.1 Å². The predicted molar refractivity (Wildman–Crippen MR) is 101 cm³/mol. The zero-order valence-electron chi connectivity index (χ0n) is 15.6. The zero-order chi connectivity index (χ0) is 21.3. The van der Waals surface area contributed by atoms with Gasteiger partial charge in [-0.25, -0.2) is 0 Å². The van der Waals surface area contributed by atoms with E-state index < -0.39 is 13.2 Å². The van der Waals surface area contributed by atoms with Gasteiger partial charge in [-0.15, -0.1) is 0 Å². The molecule has 0 amide bonds. The summed E-state index contributed by atoms with van der Waals surface area (Å²) < 4.78 is 69.8. The molecule has 0 unspecified atom stereocenters. The van der Waals surface area contributed by atoms with Gasteiger partial charge in [0.1, 0.15) is 13.2 Å². The molecule has 0 N–H and O–H groups in total. The molecule has 0 radical (unpaired) electrons. The molecule has 0 aliphatic heterocycles. The molecular formula is C22H18F4O4. The number of halogens is 4. The standard InChI is InChI=1S/C22H18F4O4/c23-21(24)29-19-7-3-1-5-17(19)27-13-15-9-11-16(12-10-15)14-28-18-6-2-4-8-20(18)30-22(25)26/h1-12,21-22H,13-14H2. The van der Waals surface area contributed by atoms with Crippen molar-refractivity contribution in [2.24, 2.45) is 0 Å². The van der Waals surface area contributed by atoms with Crippen LogP contribution in [0, 0.1) is 0 Å². The van der Waals surface area contributed by atoms with Gasteiger partial charge in [-0.1, -0.05) is 48.5 Å². The van der Waals surface area contributed by atoms with E-state index in [0.717, 1.165) is 11.1 Å². The predicted octanol–water partition coefficient (Wildman–Crippen LogP) is 6.05. The van der Waals surface area contributed by atoms with Crippen LogP contribution >= 0.6 is 0 Å². The summed E-state index contributed by atoms with van der Waals surface area (Å²) in [6.07, 6.45) is 0. The molecular weight excluding hydrogens is 404 g/mol. The quantitative estimate of drug-likeness (QED) is 0.373. The lowest BCUT2D eigenvalue weighted by molar-refractivity contribution is -0.0522. The molecule has 0 bridgehead atoms. The first-order valence-corrected chi connectivity index (χ1v) is 8.92. The summed E-state index contributed by atoms with van der Waals surface area (Å²) in [5.74, 6) is 0.339. The maximum atomic E-state index is 12.5. The van der Waals surface area contributed by atoms with Crippen molar-refractivity contribution < 1.29 is 36.5 Å². The fourth-order valence-electron chi connectivity index (χ4n) is 2.58. The lowest BCUT2D eigenvalue weighted by atomic mass is 10.1. The fraction of sp³-hybridized carbons (Fsp3) is 0.182. The highest BCUT2D eigenvalue weighted by molar-refractivity contribution is 5.40. The van der Waals surface area contributed by atoms with E-state index in [4.69, 9.17) is 9.47 Å². The van der Waals surface area contributed by atoms with Crippen LogP contribution in [0.25, 0.3) is 0 Å². The van der Waals surface area contributed by atoms with E-state index in [-0.39, 0.29) is 36.2 Å². The molecule has 0 heterocycles. The van der Waals surface area contributed by atoms with Gasteiger partial charge in [0, 0.05) is 0 Å². The van der Waals surface area contributed by atoms with Crippen molar-refractivity contribution in [1.82, 2.24) is 0 Å². The number of hydrogen-bond acceptors (Lipinski definition) is 4. The van der Waals surface area contributed by atoms with Gasteiger partial charge in [-0.2, -0.15) is 17.6 Å². The molecule has 0 saturated heterocycles. The number of para-hydroxylation sites is 4. The molecule has 0 fully saturated rings. The van der Waals surface area contributed by atoms with Crippen molar-refractivity contribution in [3.63, 3.8) is 0 Å². The Kier molecular flexibility index (Phi) is 7.37. The van der Waals surface area contributed by atoms with E-state index in [0.29, 0.717) is 0 Å². The summed E-state index contributed by atoms with van der Waals surface area (Å²) in [6.45, 7) is -5.58. The Morgan fingerprint density at radius 2 is 0.833 bits per heavy atom. The highest BCUT2D eigenvalue weighted by Crippen LogP contribution is 2.30. The summed E-state index contributed by atoms with van der Waals surface area (Å²) in [5, 5.41) is 0. The van der Waals surface area contributed by atoms with Gasteiger partial charge < -0.3 is 18.9 Å². The van der Waals surface area contributed by atoms with E-state index >= 15 is 0 Å². The largest absolute Gasteiger partial charge is 0.485 e. The first-order valence-electron chi connectivity index (χ1n) is 8.92. The number of benzene rings is 3. The molecule has 0 aliphatic carbocycles. The Morgan fingerprint density at radius 1 is 0.500 bits per heavy atom. The molecule has 3 aromatic rings. The zero-order valence-corrected chi connectivity index (χ0v) is 15.6. The van der Waals surface area contributed by atoms with E-state index in [2.05, 4.69) is 9.47 Å². The molecule has 0 aliphatic rings. The molecule has 0 atom stereocenters. The Morgan fingerprint density at radius 3 is 1.17 bits per heavy atom. The second kappa shape index (κ2) is 10.4. The molecule has 4 nitrogen and oxygen atoms in total. The second-order valence-corrected chi connectivity index (χ2v) is 6.04. The van der Waals surface area contributed by atoms with E-state index in [9.17, 15) is 17.6 Å². The third-order valence-electron chi connectivity index (χ3n) is 3.94. The van der Waals surface area contributed by atoms with Crippen molar-refractivity contribution in [1.29, 1.82) is 0 Å². The Hall–Kier alpha value is -3.42. The van der Waals surface area contributed by atoms with Crippen LogP contribution in [-0.2, 0) is 13.2 Å².